The predicted octanol–water partition coefficient (Wildman–Crippen LogP) is 2.55. The van der Waals surface area contributed by atoms with Crippen molar-refractivity contribution in [1.82, 2.24) is 20.3 Å². The van der Waals surface area contributed by atoms with Crippen molar-refractivity contribution in [2.24, 2.45) is 0 Å². The summed E-state index contributed by atoms with van der Waals surface area (Å²) in [5.74, 6) is 0.602. The Morgan fingerprint density at radius 3 is 2.92 bits per heavy atom. The molecule has 0 aliphatic heterocycles. The largest absolute Gasteiger partial charge is 0.358 e. The number of amides is 1. The standard InChI is InChI=1S/C17H19N5OS/c1-11-9-24-15(21-11)7-8-18-17(23)12(2)22-16-13-5-3-4-6-14(13)19-10-20-16/h3-6,9-10,12H,7-8H2,1-2H3,(H,18,23)(H,19,20,22). The maximum atomic E-state index is 12.2. The highest BCUT2D eigenvalue weighted by molar-refractivity contribution is 7.09. The summed E-state index contributed by atoms with van der Waals surface area (Å²) < 4.78 is 0. The van der Waals surface area contributed by atoms with Crippen LogP contribution in [0, 0.1) is 6.92 Å². The number of anilines is 1. The van der Waals surface area contributed by atoms with E-state index in [0.29, 0.717) is 12.4 Å². The fraction of sp³-hybridized carbons (Fsp3) is 0.294. The first kappa shape index (κ1) is 16.3. The Morgan fingerprint density at radius 1 is 1.29 bits per heavy atom. The van der Waals surface area contributed by atoms with Crippen LogP contribution >= 0.6 is 11.3 Å². The predicted molar refractivity (Wildman–Crippen MR) is 96.2 cm³/mol. The smallest absolute Gasteiger partial charge is 0.242 e. The van der Waals surface area contributed by atoms with Gasteiger partial charge in [0.05, 0.1) is 10.5 Å². The fourth-order valence-corrected chi connectivity index (χ4v) is 3.13. The molecule has 124 valence electrons. The first-order chi connectivity index (χ1) is 11.6. The maximum Gasteiger partial charge on any atom is 0.242 e. The zero-order valence-corrected chi connectivity index (χ0v) is 14.4. The van der Waals surface area contributed by atoms with Crippen LogP contribution in [0.1, 0.15) is 17.6 Å². The normalized spacial score (nSPS) is 12.1. The molecule has 1 aromatic carbocycles. The van der Waals surface area contributed by atoms with Crippen molar-refractivity contribution in [2.45, 2.75) is 26.3 Å². The van der Waals surface area contributed by atoms with E-state index in [9.17, 15) is 4.79 Å². The van der Waals surface area contributed by atoms with Crippen LogP contribution < -0.4 is 10.6 Å². The monoisotopic (exact) mass is 341 g/mol. The number of thiazole rings is 1. The van der Waals surface area contributed by atoms with E-state index in [2.05, 4.69) is 25.6 Å². The van der Waals surface area contributed by atoms with Crippen LogP contribution in [-0.4, -0.2) is 33.4 Å². The highest BCUT2D eigenvalue weighted by Crippen LogP contribution is 2.19. The number of hydrogen-bond donors (Lipinski definition) is 2. The summed E-state index contributed by atoms with van der Waals surface area (Å²) in [6, 6.07) is 7.32. The van der Waals surface area contributed by atoms with Gasteiger partial charge in [0.25, 0.3) is 0 Å². The van der Waals surface area contributed by atoms with Crippen molar-refractivity contribution in [3.63, 3.8) is 0 Å². The highest BCUT2D eigenvalue weighted by atomic mass is 32.1. The molecule has 1 amide bonds. The number of nitrogens with one attached hydrogen (secondary N) is 2. The molecule has 0 aliphatic carbocycles. The van der Waals surface area contributed by atoms with Gasteiger partial charge in [0.2, 0.25) is 5.91 Å². The molecule has 1 unspecified atom stereocenters. The molecule has 0 aliphatic rings. The Morgan fingerprint density at radius 2 is 2.12 bits per heavy atom. The molecule has 3 rings (SSSR count). The van der Waals surface area contributed by atoms with Gasteiger partial charge in [0, 0.05) is 29.4 Å². The van der Waals surface area contributed by atoms with Crippen molar-refractivity contribution in [2.75, 3.05) is 11.9 Å². The Labute approximate surface area is 144 Å². The van der Waals surface area contributed by atoms with Gasteiger partial charge in [-0.2, -0.15) is 0 Å². The van der Waals surface area contributed by atoms with E-state index in [1.165, 1.54) is 6.33 Å². The molecule has 0 bridgehead atoms. The van der Waals surface area contributed by atoms with Crippen molar-refractivity contribution in [1.29, 1.82) is 0 Å². The zero-order valence-electron chi connectivity index (χ0n) is 13.6. The molecule has 6 nitrogen and oxygen atoms in total. The number of aryl methyl sites for hydroxylation is 1. The number of aromatic nitrogens is 3. The molecule has 0 radical (unpaired) electrons. The van der Waals surface area contributed by atoms with E-state index in [1.54, 1.807) is 11.3 Å². The average molecular weight is 341 g/mol. The topological polar surface area (TPSA) is 79.8 Å². The molecular formula is C17H19N5OS. The molecule has 7 heteroatoms. The molecule has 2 heterocycles. The van der Waals surface area contributed by atoms with Gasteiger partial charge in [-0.25, -0.2) is 15.0 Å². The zero-order chi connectivity index (χ0) is 16.9. The first-order valence-electron chi connectivity index (χ1n) is 7.78. The Hall–Kier alpha value is -2.54. The third kappa shape index (κ3) is 3.86. The van der Waals surface area contributed by atoms with Crippen LogP contribution in [0.4, 0.5) is 5.82 Å². The summed E-state index contributed by atoms with van der Waals surface area (Å²) >= 11 is 1.62. The molecule has 0 spiro atoms. The third-order valence-corrected chi connectivity index (χ3v) is 4.62. The molecule has 0 fully saturated rings. The van der Waals surface area contributed by atoms with Gasteiger partial charge < -0.3 is 10.6 Å². The molecule has 1 atom stereocenters. The van der Waals surface area contributed by atoms with Gasteiger partial charge in [-0.05, 0) is 26.0 Å². The Balaban J connectivity index is 1.57. The minimum atomic E-state index is -0.388. The number of hydrogen-bond acceptors (Lipinski definition) is 6. The molecule has 2 aromatic heterocycles. The van der Waals surface area contributed by atoms with Gasteiger partial charge in [0.15, 0.2) is 0 Å². The van der Waals surface area contributed by atoms with Crippen LogP contribution in [0.15, 0.2) is 36.0 Å². The van der Waals surface area contributed by atoms with Gasteiger partial charge in [-0.3, -0.25) is 4.79 Å². The molecule has 24 heavy (non-hydrogen) atoms. The third-order valence-electron chi connectivity index (χ3n) is 3.59. The molecule has 0 saturated carbocycles. The summed E-state index contributed by atoms with van der Waals surface area (Å²) in [6.45, 7) is 4.36. The Bertz CT molecular complexity index is 842. The number of fused-ring (bicyclic) bond motifs is 1. The van der Waals surface area contributed by atoms with Crippen molar-refractivity contribution < 1.29 is 4.79 Å². The number of carbonyl (C=O) groups is 1. The summed E-state index contributed by atoms with van der Waals surface area (Å²) in [4.78, 5) is 25.1. The van der Waals surface area contributed by atoms with Crippen LogP contribution in [0.3, 0.4) is 0 Å². The average Bonchev–Trinajstić information content (AvgIpc) is 3.00. The van der Waals surface area contributed by atoms with Crippen molar-refractivity contribution in [3.8, 4) is 0 Å². The van der Waals surface area contributed by atoms with Crippen LogP contribution in [0.25, 0.3) is 10.9 Å². The van der Waals surface area contributed by atoms with Gasteiger partial charge in [0.1, 0.15) is 18.2 Å². The van der Waals surface area contributed by atoms with Gasteiger partial charge in [-0.1, -0.05) is 12.1 Å². The second-order valence-corrected chi connectivity index (χ2v) is 6.47. The number of nitrogens with zero attached hydrogens (tertiary/aromatic N) is 3. The molecule has 2 N–H and O–H groups in total. The van der Waals surface area contributed by atoms with Crippen LogP contribution in [0.2, 0.25) is 0 Å². The summed E-state index contributed by atoms with van der Waals surface area (Å²) in [5.41, 5.74) is 1.87. The minimum absolute atomic E-state index is 0.0639. The second kappa shape index (κ2) is 7.35. The van der Waals surface area contributed by atoms with E-state index < -0.39 is 0 Å². The van der Waals surface area contributed by atoms with Gasteiger partial charge >= 0.3 is 0 Å². The lowest BCUT2D eigenvalue weighted by Crippen LogP contribution is -2.38. The van der Waals surface area contributed by atoms with Gasteiger partial charge in [-0.15, -0.1) is 11.3 Å². The summed E-state index contributed by atoms with van der Waals surface area (Å²) in [5, 5.41) is 10.0. The second-order valence-electron chi connectivity index (χ2n) is 5.53. The SMILES string of the molecule is Cc1csc(CCNC(=O)C(C)Nc2ncnc3ccccc23)n1. The Kier molecular flexibility index (Phi) is 5.00. The summed E-state index contributed by atoms with van der Waals surface area (Å²) in [6.07, 6.45) is 2.24. The number of carbonyl (C=O) groups excluding carboxylic acids is 1. The minimum Gasteiger partial charge on any atom is -0.358 e. The van der Waals surface area contributed by atoms with Crippen LogP contribution in [0.5, 0.6) is 0 Å². The molecule has 0 saturated heterocycles. The van der Waals surface area contributed by atoms with E-state index in [4.69, 9.17) is 0 Å². The quantitative estimate of drug-likeness (QED) is 0.720. The molecular weight excluding hydrogens is 322 g/mol. The van der Waals surface area contributed by atoms with Crippen molar-refractivity contribution in [3.05, 3.63) is 46.7 Å². The lowest BCUT2D eigenvalue weighted by atomic mass is 10.2. The summed E-state index contributed by atoms with van der Waals surface area (Å²) in [7, 11) is 0. The highest BCUT2D eigenvalue weighted by Gasteiger charge is 2.14. The van der Waals surface area contributed by atoms with E-state index in [-0.39, 0.29) is 11.9 Å². The lowest BCUT2D eigenvalue weighted by molar-refractivity contribution is -0.121. The van der Waals surface area contributed by atoms with E-state index >= 15 is 0 Å². The first-order valence-corrected chi connectivity index (χ1v) is 8.66. The molecule has 3 aromatic rings. The van der Waals surface area contributed by atoms with Crippen molar-refractivity contribution >= 4 is 34.0 Å². The fourth-order valence-electron chi connectivity index (χ4n) is 2.35. The van der Waals surface area contributed by atoms with E-state index in [1.807, 2.05) is 43.5 Å². The maximum absolute atomic E-state index is 12.2. The number of rotatable bonds is 6. The number of para-hydroxylation sites is 1. The van der Waals surface area contributed by atoms with Crippen LogP contribution in [-0.2, 0) is 11.2 Å². The lowest BCUT2D eigenvalue weighted by Gasteiger charge is -2.15. The van der Waals surface area contributed by atoms with E-state index in [0.717, 1.165) is 28.0 Å². The number of benzene rings is 1.